The Labute approximate surface area is 69.3 Å². The summed E-state index contributed by atoms with van der Waals surface area (Å²) in [6.45, 7) is 8.09. The van der Waals surface area contributed by atoms with Crippen LogP contribution in [0.4, 0.5) is 0 Å². The van der Waals surface area contributed by atoms with E-state index in [2.05, 4.69) is 20.0 Å². The second-order valence-corrected chi connectivity index (χ2v) is 9.85. The van der Waals surface area contributed by atoms with Crippen molar-refractivity contribution in [2.45, 2.75) is 19.4 Å². The molecule has 0 bridgehead atoms. The summed E-state index contributed by atoms with van der Waals surface area (Å²) in [7, 11) is -1.19. The van der Waals surface area contributed by atoms with Crippen LogP contribution in [0, 0.1) is 0 Å². The van der Waals surface area contributed by atoms with Crippen molar-refractivity contribution < 1.29 is 9.90 Å². The molecule has 0 spiro atoms. The first kappa shape index (κ1) is 11.1. The molecule has 68 valence electrons. The number of hydrogen-bond donors (Lipinski definition) is 1. The van der Waals surface area contributed by atoms with Crippen LogP contribution in [-0.2, 0) is 4.79 Å². The minimum absolute atomic E-state index is 0.0794. The van der Waals surface area contributed by atoms with Crippen LogP contribution >= 0.6 is 7.26 Å². The Morgan fingerprint density at radius 3 is 2.18 bits per heavy atom. The van der Waals surface area contributed by atoms with E-state index in [1.807, 2.05) is 0 Å². The van der Waals surface area contributed by atoms with E-state index in [1.165, 1.54) is 6.92 Å². The Morgan fingerprint density at radius 2 is 1.91 bits per heavy atom. The van der Waals surface area contributed by atoms with Gasteiger partial charge < -0.3 is 0 Å². The summed E-state index contributed by atoms with van der Waals surface area (Å²) in [5, 5.41) is 9.37. The molecule has 1 atom stereocenters. The molecule has 0 aliphatic carbocycles. The molecule has 0 aromatic heterocycles. The maximum atomic E-state index is 10.6. The fraction of sp³-hybridized carbons (Fsp3) is 0.875. The standard InChI is InChI=1S/C8H19O2P/c1-7(9)5-8(10)6-11(2,3)4/h8,10-11H,5-6H2,1-4H3. The zero-order chi connectivity index (χ0) is 9.07. The van der Waals surface area contributed by atoms with Crippen LogP contribution in [-0.4, -0.2) is 43.2 Å². The summed E-state index contributed by atoms with van der Waals surface area (Å²) in [4.78, 5) is 10.6. The molecule has 0 amide bonds. The van der Waals surface area contributed by atoms with Crippen molar-refractivity contribution >= 4 is 13.0 Å². The van der Waals surface area contributed by atoms with E-state index in [1.54, 1.807) is 0 Å². The van der Waals surface area contributed by atoms with Crippen LogP contribution in [0.2, 0.25) is 0 Å². The second kappa shape index (κ2) is 4.18. The van der Waals surface area contributed by atoms with Crippen molar-refractivity contribution in [1.29, 1.82) is 0 Å². The molecule has 0 rings (SSSR count). The average molecular weight is 178 g/mol. The van der Waals surface area contributed by atoms with Gasteiger partial charge in [-0.25, -0.2) is 0 Å². The van der Waals surface area contributed by atoms with E-state index in [-0.39, 0.29) is 5.78 Å². The van der Waals surface area contributed by atoms with Gasteiger partial charge in [0.25, 0.3) is 0 Å². The summed E-state index contributed by atoms with van der Waals surface area (Å²) in [5.74, 6) is 0.0794. The molecule has 2 nitrogen and oxygen atoms in total. The van der Waals surface area contributed by atoms with Crippen molar-refractivity contribution in [1.82, 2.24) is 0 Å². The number of hydrogen-bond acceptors (Lipinski definition) is 2. The Balaban J connectivity index is 3.69. The number of carbonyl (C=O) groups excluding carboxylic acids is 1. The number of aliphatic hydroxyl groups excluding tert-OH is 1. The Hall–Kier alpha value is 0.0600. The zero-order valence-electron chi connectivity index (χ0n) is 7.85. The van der Waals surface area contributed by atoms with E-state index in [0.29, 0.717) is 6.42 Å². The minimum atomic E-state index is -1.19. The summed E-state index contributed by atoms with van der Waals surface area (Å²) >= 11 is 0. The molecular weight excluding hydrogens is 159 g/mol. The predicted molar refractivity (Wildman–Crippen MR) is 52.3 cm³/mol. The number of rotatable bonds is 4. The van der Waals surface area contributed by atoms with E-state index in [9.17, 15) is 9.90 Å². The van der Waals surface area contributed by atoms with Gasteiger partial charge in [-0.05, 0) is 0 Å². The van der Waals surface area contributed by atoms with Crippen LogP contribution in [0.1, 0.15) is 13.3 Å². The van der Waals surface area contributed by atoms with Crippen molar-refractivity contribution in [3.63, 3.8) is 0 Å². The van der Waals surface area contributed by atoms with Gasteiger partial charge in [0.2, 0.25) is 0 Å². The molecular formula is C8H19O2P. The zero-order valence-corrected chi connectivity index (χ0v) is 8.85. The molecule has 0 fully saturated rings. The van der Waals surface area contributed by atoms with Crippen LogP contribution in [0.15, 0.2) is 0 Å². The molecule has 0 heterocycles. The predicted octanol–water partition coefficient (Wildman–Crippen LogP) is 0.966. The topological polar surface area (TPSA) is 37.3 Å². The molecule has 0 saturated heterocycles. The first-order chi connectivity index (χ1) is 4.81. The van der Waals surface area contributed by atoms with Gasteiger partial charge in [0.1, 0.15) is 0 Å². The third-order valence-corrected chi connectivity index (χ3v) is 3.07. The van der Waals surface area contributed by atoms with E-state index in [4.69, 9.17) is 0 Å². The van der Waals surface area contributed by atoms with Crippen molar-refractivity contribution in [2.75, 3.05) is 26.2 Å². The molecule has 0 aromatic carbocycles. The first-order valence-corrected chi connectivity index (χ1v) is 7.69. The Bertz CT molecular complexity index is 138. The Morgan fingerprint density at radius 1 is 1.45 bits per heavy atom. The molecule has 0 aliphatic heterocycles. The van der Waals surface area contributed by atoms with E-state index in [0.717, 1.165) is 6.16 Å². The molecule has 0 aromatic rings. The second-order valence-electron chi connectivity index (χ2n) is 4.32. The van der Waals surface area contributed by atoms with Crippen molar-refractivity contribution in [3.8, 4) is 0 Å². The van der Waals surface area contributed by atoms with E-state index < -0.39 is 13.4 Å². The summed E-state index contributed by atoms with van der Waals surface area (Å²) in [6.07, 6.45) is 0.746. The fourth-order valence-corrected chi connectivity index (χ4v) is 2.67. The Kier molecular flexibility index (Phi) is 4.20. The summed E-state index contributed by atoms with van der Waals surface area (Å²) in [6, 6.07) is 0. The van der Waals surface area contributed by atoms with Gasteiger partial charge in [0.15, 0.2) is 0 Å². The van der Waals surface area contributed by atoms with Gasteiger partial charge in [-0.15, -0.1) is 0 Å². The molecule has 11 heavy (non-hydrogen) atoms. The monoisotopic (exact) mass is 178 g/mol. The van der Waals surface area contributed by atoms with Crippen LogP contribution in [0.5, 0.6) is 0 Å². The number of ketones is 1. The molecule has 1 N–H and O–H groups in total. The molecule has 1 unspecified atom stereocenters. The van der Waals surface area contributed by atoms with E-state index >= 15 is 0 Å². The van der Waals surface area contributed by atoms with Gasteiger partial charge >= 0.3 is 68.6 Å². The van der Waals surface area contributed by atoms with Gasteiger partial charge in [-0.2, -0.15) is 0 Å². The number of Topliss-reactive ketones (excluding diaryl/α,β-unsaturated/α-hetero) is 1. The van der Waals surface area contributed by atoms with Crippen molar-refractivity contribution in [2.24, 2.45) is 0 Å². The third kappa shape index (κ3) is 7.96. The van der Waals surface area contributed by atoms with Crippen LogP contribution < -0.4 is 0 Å². The quantitative estimate of drug-likeness (QED) is 0.651. The molecule has 0 saturated carbocycles. The fourth-order valence-electron chi connectivity index (χ4n) is 1.11. The summed E-state index contributed by atoms with van der Waals surface area (Å²) < 4.78 is 0. The molecule has 0 radical (unpaired) electrons. The first-order valence-electron chi connectivity index (χ1n) is 3.99. The number of carbonyl (C=O) groups is 1. The van der Waals surface area contributed by atoms with Crippen LogP contribution in [0.3, 0.4) is 0 Å². The SMILES string of the molecule is CC(=O)CC(O)C[PH](C)(C)C. The molecule has 0 aliphatic rings. The van der Waals surface area contributed by atoms with Gasteiger partial charge in [-0.1, -0.05) is 0 Å². The normalized spacial score (nSPS) is 16.1. The van der Waals surface area contributed by atoms with Crippen LogP contribution in [0.25, 0.3) is 0 Å². The average Bonchev–Trinajstić information content (AvgIpc) is 1.53. The van der Waals surface area contributed by atoms with Gasteiger partial charge in [0, 0.05) is 0 Å². The van der Waals surface area contributed by atoms with Crippen molar-refractivity contribution in [3.05, 3.63) is 0 Å². The van der Waals surface area contributed by atoms with Gasteiger partial charge in [-0.3, -0.25) is 0 Å². The van der Waals surface area contributed by atoms with Gasteiger partial charge in [0.05, 0.1) is 0 Å². The third-order valence-electron chi connectivity index (χ3n) is 1.37. The summed E-state index contributed by atoms with van der Waals surface area (Å²) in [5.41, 5.74) is 0. The molecule has 3 heteroatoms. The number of aliphatic hydroxyl groups is 1. The maximum absolute atomic E-state index is 10.6.